The van der Waals surface area contributed by atoms with E-state index in [1.807, 2.05) is 0 Å². The first-order valence-corrected chi connectivity index (χ1v) is 8.64. The van der Waals surface area contributed by atoms with Crippen LogP contribution in [0.1, 0.15) is 45.4 Å². The van der Waals surface area contributed by atoms with Crippen LogP contribution in [0.5, 0.6) is 0 Å². The molecule has 1 N–H and O–H groups in total. The highest BCUT2D eigenvalue weighted by Crippen LogP contribution is 2.30. The van der Waals surface area contributed by atoms with Crippen LogP contribution in [0.15, 0.2) is 0 Å². The number of carbonyl (C=O) groups is 3. The lowest BCUT2D eigenvalue weighted by Gasteiger charge is -2.32. The average molecular weight is 324 g/mol. The van der Waals surface area contributed by atoms with Crippen molar-refractivity contribution >= 4 is 17.8 Å². The van der Waals surface area contributed by atoms with E-state index in [1.165, 1.54) is 7.11 Å². The number of amides is 2. The normalized spacial score (nSPS) is 25.7. The van der Waals surface area contributed by atoms with E-state index >= 15 is 0 Å². The van der Waals surface area contributed by atoms with Gasteiger partial charge in [-0.25, -0.2) is 0 Å². The summed E-state index contributed by atoms with van der Waals surface area (Å²) < 4.78 is 4.89. The fourth-order valence-electron chi connectivity index (χ4n) is 3.75. The highest BCUT2D eigenvalue weighted by atomic mass is 16.5. The zero-order chi connectivity index (χ0) is 16.8. The first-order chi connectivity index (χ1) is 11.0. The van der Waals surface area contributed by atoms with Gasteiger partial charge in [0.05, 0.1) is 13.0 Å². The number of nitrogens with zero attached hydrogens (tertiary/aromatic N) is 1. The molecule has 2 rings (SSSR count). The monoisotopic (exact) mass is 324 g/mol. The largest absolute Gasteiger partial charge is 0.469 e. The number of nitrogens with one attached hydrogen (secondary N) is 1. The second kappa shape index (κ2) is 8.31. The van der Waals surface area contributed by atoms with Gasteiger partial charge in [-0.3, -0.25) is 14.4 Å². The topological polar surface area (TPSA) is 75.7 Å². The number of hydrogen-bond acceptors (Lipinski definition) is 4. The molecule has 1 aliphatic heterocycles. The number of likely N-dealkylation sites (tertiary alicyclic amines) is 1. The first kappa shape index (κ1) is 17.8. The maximum absolute atomic E-state index is 12.3. The molecule has 2 aliphatic rings. The van der Waals surface area contributed by atoms with E-state index in [-0.39, 0.29) is 35.5 Å². The highest BCUT2D eigenvalue weighted by molar-refractivity contribution is 5.79. The number of methoxy groups -OCH3 is 1. The maximum Gasteiger partial charge on any atom is 0.309 e. The highest BCUT2D eigenvalue weighted by Gasteiger charge is 2.33. The van der Waals surface area contributed by atoms with E-state index in [1.54, 1.807) is 11.8 Å². The molecule has 1 saturated heterocycles. The molecular formula is C17H28N2O4. The molecule has 0 aromatic carbocycles. The smallest absolute Gasteiger partial charge is 0.309 e. The van der Waals surface area contributed by atoms with Crippen LogP contribution in [0.3, 0.4) is 0 Å². The van der Waals surface area contributed by atoms with Crippen molar-refractivity contribution in [2.45, 2.75) is 45.4 Å². The number of ether oxygens (including phenoxy) is 1. The van der Waals surface area contributed by atoms with Gasteiger partial charge in [-0.05, 0) is 31.6 Å². The van der Waals surface area contributed by atoms with E-state index in [9.17, 15) is 14.4 Å². The lowest BCUT2D eigenvalue weighted by Crippen LogP contribution is -2.44. The van der Waals surface area contributed by atoms with Gasteiger partial charge in [0.1, 0.15) is 0 Å². The summed E-state index contributed by atoms with van der Waals surface area (Å²) in [6.45, 7) is 3.42. The minimum Gasteiger partial charge on any atom is -0.469 e. The van der Waals surface area contributed by atoms with Crippen molar-refractivity contribution in [3.05, 3.63) is 0 Å². The lowest BCUT2D eigenvalue weighted by atomic mass is 9.79. The Morgan fingerprint density at radius 1 is 1.09 bits per heavy atom. The maximum atomic E-state index is 12.3. The average Bonchev–Trinajstić information content (AvgIpc) is 2.59. The van der Waals surface area contributed by atoms with E-state index in [2.05, 4.69) is 5.32 Å². The fourth-order valence-corrected chi connectivity index (χ4v) is 3.75. The van der Waals surface area contributed by atoms with Crippen molar-refractivity contribution in [2.75, 3.05) is 26.7 Å². The van der Waals surface area contributed by atoms with Gasteiger partial charge in [0.25, 0.3) is 0 Å². The van der Waals surface area contributed by atoms with Crippen LogP contribution in [-0.4, -0.2) is 49.4 Å². The Labute approximate surface area is 137 Å². The van der Waals surface area contributed by atoms with Crippen molar-refractivity contribution in [3.63, 3.8) is 0 Å². The Hall–Kier alpha value is -1.59. The second-order valence-electron chi connectivity index (χ2n) is 6.70. The zero-order valence-corrected chi connectivity index (χ0v) is 14.2. The third kappa shape index (κ3) is 4.69. The molecule has 23 heavy (non-hydrogen) atoms. The van der Waals surface area contributed by atoms with Crippen LogP contribution < -0.4 is 5.32 Å². The van der Waals surface area contributed by atoms with Gasteiger partial charge in [-0.2, -0.15) is 0 Å². The Morgan fingerprint density at radius 2 is 1.74 bits per heavy atom. The molecule has 2 amide bonds. The Balaban J connectivity index is 1.79. The third-order valence-electron chi connectivity index (χ3n) is 5.26. The summed E-state index contributed by atoms with van der Waals surface area (Å²) in [6, 6.07) is 0. The summed E-state index contributed by atoms with van der Waals surface area (Å²) in [5.74, 6) is 0.0462. The molecule has 0 spiro atoms. The molecule has 0 aromatic rings. The van der Waals surface area contributed by atoms with Crippen molar-refractivity contribution in [2.24, 2.45) is 17.8 Å². The lowest BCUT2D eigenvalue weighted by molar-refractivity contribution is -0.149. The van der Waals surface area contributed by atoms with Crippen LogP contribution in [0.2, 0.25) is 0 Å². The van der Waals surface area contributed by atoms with Crippen LogP contribution in [0.4, 0.5) is 0 Å². The van der Waals surface area contributed by atoms with Gasteiger partial charge in [-0.1, -0.05) is 12.8 Å². The predicted molar refractivity (Wildman–Crippen MR) is 85.5 cm³/mol. The molecule has 1 saturated carbocycles. The first-order valence-electron chi connectivity index (χ1n) is 8.64. The molecule has 1 heterocycles. The fraction of sp³-hybridized carbons (Fsp3) is 0.824. The molecule has 2 unspecified atom stereocenters. The Morgan fingerprint density at radius 3 is 2.35 bits per heavy atom. The van der Waals surface area contributed by atoms with Crippen LogP contribution in [0, 0.1) is 17.8 Å². The van der Waals surface area contributed by atoms with E-state index in [4.69, 9.17) is 4.74 Å². The summed E-state index contributed by atoms with van der Waals surface area (Å²) in [5, 5.41) is 3.02. The number of esters is 1. The molecule has 130 valence electrons. The zero-order valence-electron chi connectivity index (χ0n) is 14.2. The van der Waals surface area contributed by atoms with Crippen molar-refractivity contribution in [1.82, 2.24) is 10.2 Å². The van der Waals surface area contributed by atoms with Crippen LogP contribution in [0.25, 0.3) is 0 Å². The Kier molecular flexibility index (Phi) is 6.42. The van der Waals surface area contributed by atoms with E-state index < -0.39 is 0 Å². The summed E-state index contributed by atoms with van der Waals surface area (Å²) in [6.07, 6.45) is 5.40. The molecule has 0 radical (unpaired) electrons. The van der Waals surface area contributed by atoms with Gasteiger partial charge in [0, 0.05) is 32.5 Å². The van der Waals surface area contributed by atoms with Gasteiger partial charge in [-0.15, -0.1) is 0 Å². The van der Waals surface area contributed by atoms with Crippen LogP contribution in [-0.2, 0) is 19.1 Å². The van der Waals surface area contributed by atoms with Gasteiger partial charge in [0.2, 0.25) is 11.8 Å². The standard InChI is InChI=1S/C17H28N2O4/c1-12(20)19-9-7-13(8-10-19)16(21)18-11-14-5-3-4-6-15(14)17(22)23-2/h13-15H,3-11H2,1-2H3,(H,18,21). The third-order valence-corrected chi connectivity index (χ3v) is 5.26. The van der Waals surface area contributed by atoms with E-state index in [0.717, 1.165) is 38.5 Å². The second-order valence-corrected chi connectivity index (χ2v) is 6.70. The summed E-state index contributed by atoms with van der Waals surface area (Å²) in [7, 11) is 1.43. The molecule has 6 nitrogen and oxygen atoms in total. The quantitative estimate of drug-likeness (QED) is 0.792. The summed E-state index contributed by atoms with van der Waals surface area (Å²) >= 11 is 0. The molecule has 0 aromatic heterocycles. The van der Waals surface area contributed by atoms with Crippen LogP contribution >= 0.6 is 0 Å². The van der Waals surface area contributed by atoms with Crippen molar-refractivity contribution in [3.8, 4) is 0 Å². The predicted octanol–water partition coefficient (Wildman–Crippen LogP) is 1.34. The summed E-state index contributed by atoms with van der Waals surface area (Å²) in [5.41, 5.74) is 0. The van der Waals surface area contributed by atoms with Gasteiger partial charge in [0.15, 0.2) is 0 Å². The van der Waals surface area contributed by atoms with Crippen molar-refractivity contribution < 1.29 is 19.1 Å². The van der Waals surface area contributed by atoms with E-state index in [0.29, 0.717) is 19.6 Å². The minimum absolute atomic E-state index is 0.0224. The van der Waals surface area contributed by atoms with Crippen molar-refractivity contribution in [1.29, 1.82) is 0 Å². The number of hydrogen-bond donors (Lipinski definition) is 1. The molecule has 1 aliphatic carbocycles. The molecule has 2 fully saturated rings. The molecule has 2 atom stereocenters. The summed E-state index contributed by atoms with van der Waals surface area (Å²) in [4.78, 5) is 37.3. The SMILES string of the molecule is COC(=O)C1CCCCC1CNC(=O)C1CCN(C(C)=O)CC1. The molecule has 0 bridgehead atoms. The number of rotatable bonds is 4. The molecule has 6 heteroatoms. The van der Waals surface area contributed by atoms with Gasteiger partial charge >= 0.3 is 5.97 Å². The Bertz CT molecular complexity index is 444. The minimum atomic E-state index is -0.154. The number of carbonyl (C=O) groups excluding carboxylic acids is 3. The molecular weight excluding hydrogens is 296 g/mol. The number of piperidine rings is 1. The van der Waals surface area contributed by atoms with Gasteiger partial charge < -0.3 is 15.0 Å².